The zero-order chi connectivity index (χ0) is 18.5. The van der Waals surface area contributed by atoms with Gasteiger partial charge in [0.25, 0.3) is 0 Å². The highest BCUT2D eigenvalue weighted by atomic mass is 32.1. The number of ether oxygens (including phenoxy) is 2. The number of thiophene rings is 1. The average molecular weight is 370 g/mol. The van der Waals surface area contributed by atoms with E-state index in [0.717, 1.165) is 27.9 Å². The van der Waals surface area contributed by atoms with Crippen molar-refractivity contribution in [2.75, 3.05) is 26.1 Å². The summed E-state index contributed by atoms with van der Waals surface area (Å²) in [4.78, 5) is 12.7. The van der Waals surface area contributed by atoms with Gasteiger partial charge in [0, 0.05) is 22.7 Å². The Hall–Kier alpha value is -2.57. The second-order valence-electron chi connectivity index (χ2n) is 5.99. The molecule has 6 heteroatoms. The summed E-state index contributed by atoms with van der Waals surface area (Å²) >= 11 is 1.40. The van der Waals surface area contributed by atoms with Crippen LogP contribution in [0, 0.1) is 0 Å². The van der Waals surface area contributed by atoms with E-state index < -0.39 is 0 Å². The normalized spacial score (nSPS) is 12.0. The van der Waals surface area contributed by atoms with Gasteiger partial charge in [-0.3, -0.25) is 0 Å². The van der Waals surface area contributed by atoms with Gasteiger partial charge >= 0.3 is 5.97 Å². The molecule has 0 amide bonds. The van der Waals surface area contributed by atoms with Crippen molar-refractivity contribution in [3.05, 3.63) is 59.0 Å². The van der Waals surface area contributed by atoms with Crippen molar-refractivity contribution in [1.82, 2.24) is 0 Å². The number of fused-ring (bicyclic) bond motifs is 1. The Morgan fingerprint density at radius 1 is 1.19 bits per heavy atom. The summed E-state index contributed by atoms with van der Waals surface area (Å²) in [5.41, 5.74) is 8.22. The molecule has 2 aromatic carbocycles. The molecular formula is C20H22N2O3S. The third-order valence-electron chi connectivity index (χ3n) is 4.15. The maximum absolute atomic E-state index is 12.2. The predicted molar refractivity (Wildman–Crippen MR) is 106 cm³/mol. The van der Waals surface area contributed by atoms with Crippen LogP contribution in [0.4, 0.5) is 5.69 Å². The highest BCUT2D eigenvalue weighted by Gasteiger charge is 2.20. The molecule has 0 bridgehead atoms. The fourth-order valence-corrected chi connectivity index (χ4v) is 3.92. The first-order chi connectivity index (χ1) is 12.6. The van der Waals surface area contributed by atoms with Crippen LogP contribution < -0.4 is 15.8 Å². The van der Waals surface area contributed by atoms with Crippen LogP contribution in [-0.2, 0) is 11.2 Å². The summed E-state index contributed by atoms with van der Waals surface area (Å²) in [7, 11) is 3.01. The number of nitrogens with two attached hydrogens (primary N) is 1. The summed E-state index contributed by atoms with van der Waals surface area (Å²) in [6.07, 6.45) is 0.757. The molecule has 0 aliphatic heterocycles. The van der Waals surface area contributed by atoms with Crippen LogP contribution in [0.3, 0.4) is 0 Å². The van der Waals surface area contributed by atoms with Gasteiger partial charge in [-0.2, -0.15) is 0 Å². The number of hydrogen-bond acceptors (Lipinski definition) is 6. The first-order valence-corrected chi connectivity index (χ1v) is 9.16. The second-order valence-corrected chi connectivity index (χ2v) is 7.04. The van der Waals surface area contributed by atoms with Gasteiger partial charge in [-0.25, -0.2) is 4.79 Å². The summed E-state index contributed by atoms with van der Waals surface area (Å²) in [6.45, 7) is 0.544. The van der Waals surface area contributed by atoms with Crippen molar-refractivity contribution in [3.63, 3.8) is 0 Å². The van der Waals surface area contributed by atoms with Crippen LogP contribution in [-0.4, -0.2) is 32.8 Å². The monoisotopic (exact) mass is 370 g/mol. The maximum Gasteiger partial charge on any atom is 0.350 e. The Bertz CT molecular complexity index is 893. The SMILES string of the molecule is COC(=O)c1sc2ccc(OC)cc2c1NCC(N)Cc1ccccc1. The van der Waals surface area contributed by atoms with Crippen LogP contribution in [0.5, 0.6) is 5.75 Å². The lowest BCUT2D eigenvalue weighted by Crippen LogP contribution is -2.31. The molecule has 1 heterocycles. The van der Waals surface area contributed by atoms with Crippen LogP contribution in [0.15, 0.2) is 48.5 Å². The van der Waals surface area contributed by atoms with E-state index in [0.29, 0.717) is 11.4 Å². The van der Waals surface area contributed by atoms with Gasteiger partial charge in [0.2, 0.25) is 0 Å². The van der Waals surface area contributed by atoms with Crippen molar-refractivity contribution in [2.24, 2.45) is 5.73 Å². The molecule has 0 aliphatic carbocycles. The lowest BCUT2D eigenvalue weighted by Gasteiger charge is -2.14. The second kappa shape index (κ2) is 8.21. The quantitative estimate of drug-likeness (QED) is 0.621. The number of methoxy groups -OCH3 is 2. The Morgan fingerprint density at radius 2 is 1.96 bits per heavy atom. The molecule has 5 nitrogen and oxygen atoms in total. The predicted octanol–water partition coefficient (Wildman–Crippen LogP) is 3.68. The molecule has 0 saturated carbocycles. The number of benzene rings is 2. The van der Waals surface area contributed by atoms with Gasteiger partial charge < -0.3 is 20.5 Å². The Balaban J connectivity index is 1.83. The van der Waals surface area contributed by atoms with Gasteiger partial charge in [-0.05, 0) is 30.2 Å². The molecule has 0 fully saturated rings. The maximum atomic E-state index is 12.2. The summed E-state index contributed by atoms with van der Waals surface area (Å²) in [5, 5.41) is 4.28. The van der Waals surface area contributed by atoms with Crippen LogP contribution in [0.2, 0.25) is 0 Å². The summed E-state index contributed by atoms with van der Waals surface area (Å²) < 4.78 is 11.2. The van der Waals surface area contributed by atoms with Gasteiger partial charge in [0.1, 0.15) is 10.6 Å². The Labute approximate surface area is 156 Å². The van der Waals surface area contributed by atoms with Gasteiger partial charge in [0.05, 0.1) is 19.9 Å². The first kappa shape index (κ1) is 18.2. The third-order valence-corrected chi connectivity index (χ3v) is 5.30. The molecule has 3 rings (SSSR count). The van der Waals surface area contributed by atoms with Crippen molar-refractivity contribution >= 4 is 33.1 Å². The van der Waals surface area contributed by atoms with E-state index in [1.165, 1.54) is 24.0 Å². The van der Waals surface area contributed by atoms with E-state index in [1.54, 1.807) is 7.11 Å². The van der Waals surface area contributed by atoms with Crippen LogP contribution >= 0.6 is 11.3 Å². The van der Waals surface area contributed by atoms with E-state index in [-0.39, 0.29) is 12.0 Å². The average Bonchev–Trinajstić information content (AvgIpc) is 3.04. The van der Waals surface area contributed by atoms with Crippen LogP contribution in [0.1, 0.15) is 15.2 Å². The Morgan fingerprint density at radius 3 is 2.65 bits per heavy atom. The van der Waals surface area contributed by atoms with Crippen molar-refractivity contribution in [3.8, 4) is 5.75 Å². The topological polar surface area (TPSA) is 73.6 Å². The largest absolute Gasteiger partial charge is 0.497 e. The molecular weight excluding hydrogens is 348 g/mol. The zero-order valence-corrected chi connectivity index (χ0v) is 15.6. The summed E-state index contributed by atoms with van der Waals surface area (Å²) in [5.74, 6) is 0.382. The van der Waals surface area contributed by atoms with Crippen LogP contribution in [0.25, 0.3) is 10.1 Å². The number of carbonyl (C=O) groups is 1. The minimum Gasteiger partial charge on any atom is -0.497 e. The molecule has 0 saturated heterocycles. The summed E-state index contributed by atoms with van der Waals surface area (Å²) in [6, 6.07) is 15.8. The number of anilines is 1. The van der Waals surface area contributed by atoms with E-state index >= 15 is 0 Å². The fourth-order valence-electron chi connectivity index (χ4n) is 2.84. The molecule has 1 atom stereocenters. The van der Waals surface area contributed by atoms with Crippen molar-refractivity contribution in [2.45, 2.75) is 12.5 Å². The number of esters is 1. The highest BCUT2D eigenvalue weighted by Crippen LogP contribution is 2.38. The van der Waals surface area contributed by atoms with Gasteiger partial charge in [-0.15, -0.1) is 11.3 Å². The third kappa shape index (κ3) is 3.98. The van der Waals surface area contributed by atoms with Gasteiger partial charge in [-0.1, -0.05) is 30.3 Å². The van der Waals surface area contributed by atoms with E-state index in [4.69, 9.17) is 15.2 Å². The van der Waals surface area contributed by atoms with E-state index in [2.05, 4.69) is 17.4 Å². The standard InChI is InChI=1S/C20H22N2O3S/c1-24-15-8-9-17-16(11-15)18(19(26-17)20(23)25-2)22-12-14(21)10-13-6-4-3-5-7-13/h3-9,11,14,22H,10,12,21H2,1-2H3. The fraction of sp³-hybridized carbons (Fsp3) is 0.250. The van der Waals surface area contributed by atoms with Crippen molar-refractivity contribution < 1.29 is 14.3 Å². The molecule has 0 aliphatic rings. The number of nitrogens with one attached hydrogen (secondary N) is 1. The number of carbonyl (C=O) groups excluding carboxylic acids is 1. The molecule has 3 aromatic rings. The lowest BCUT2D eigenvalue weighted by molar-refractivity contribution is 0.0607. The molecule has 0 spiro atoms. The molecule has 26 heavy (non-hydrogen) atoms. The Kier molecular flexibility index (Phi) is 5.75. The van der Waals surface area contributed by atoms with E-state index in [1.807, 2.05) is 36.4 Å². The minimum atomic E-state index is -0.357. The van der Waals surface area contributed by atoms with Gasteiger partial charge in [0.15, 0.2) is 0 Å². The molecule has 3 N–H and O–H groups in total. The van der Waals surface area contributed by atoms with E-state index in [9.17, 15) is 4.79 Å². The first-order valence-electron chi connectivity index (χ1n) is 8.34. The lowest BCUT2D eigenvalue weighted by atomic mass is 10.1. The molecule has 0 radical (unpaired) electrons. The van der Waals surface area contributed by atoms with Crippen molar-refractivity contribution in [1.29, 1.82) is 0 Å². The zero-order valence-electron chi connectivity index (χ0n) is 14.8. The number of rotatable bonds is 7. The molecule has 1 aromatic heterocycles. The molecule has 1 unspecified atom stereocenters. The molecule has 136 valence electrons. The smallest absolute Gasteiger partial charge is 0.350 e. The minimum absolute atomic E-state index is 0.0801. The highest BCUT2D eigenvalue weighted by molar-refractivity contribution is 7.21. The number of hydrogen-bond donors (Lipinski definition) is 2.